The zero-order valence-corrected chi connectivity index (χ0v) is 18.4. The highest BCUT2D eigenvalue weighted by Gasteiger charge is 2.26. The van der Waals surface area contributed by atoms with Gasteiger partial charge in [0.15, 0.2) is 18.1 Å². The maximum Gasteiger partial charge on any atom is 0.258 e. The van der Waals surface area contributed by atoms with Gasteiger partial charge in [-0.2, -0.15) is 4.31 Å². The highest BCUT2D eigenvalue weighted by molar-refractivity contribution is 7.89. The van der Waals surface area contributed by atoms with Crippen molar-refractivity contribution in [2.45, 2.75) is 30.7 Å². The van der Waals surface area contributed by atoms with Crippen molar-refractivity contribution < 1.29 is 27.4 Å². The van der Waals surface area contributed by atoms with Gasteiger partial charge in [-0.15, -0.1) is 0 Å². The number of hydrogen-bond donors (Lipinski definition) is 1. The number of nitrogens with zero attached hydrogens (tertiary/aromatic N) is 1. The number of carbonyl (C=O) groups excluding carboxylic acids is 1. The van der Waals surface area contributed by atoms with Gasteiger partial charge in [-0.25, -0.2) is 8.42 Å². The minimum Gasteiger partial charge on any atom is -0.482 e. The maximum absolute atomic E-state index is 12.8. The Morgan fingerprint density at radius 2 is 1.84 bits per heavy atom. The van der Waals surface area contributed by atoms with Gasteiger partial charge in [0.05, 0.1) is 9.92 Å². The van der Waals surface area contributed by atoms with E-state index >= 15 is 0 Å². The second kappa shape index (κ2) is 9.33. The Bertz CT molecular complexity index is 1070. The molecule has 10 heteroatoms. The monoisotopic (exact) mass is 466 g/mol. The van der Waals surface area contributed by atoms with Crippen LogP contribution in [0.5, 0.6) is 17.2 Å². The summed E-state index contributed by atoms with van der Waals surface area (Å²) in [5.74, 6) is 1.24. The number of sulfonamides is 1. The fourth-order valence-electron chi connectivity index (χ4n) is 3.46. The molecule has 4 rings (SSSR count). The van der Waals surface area contributed by atoms with Crippen LogP contribution in [0.3, 0.4) is 0 Å². The summed E-state index contributed by atoms with van der Waals surface area (Å²) in [6, 6.07) is 9.74. The molecule has 0 bridgehead atoms. The predicted octanol–water partition coefficient (Wildman–Crippen LogP) is 2.94. The molecule has 0 saturated carbocycles. The molecule has 166 valence electrons. The fraction of sp³-hybridized carbons (Fsp3) is 0.381. The van der Waals surface area contributed by atoms with Crippen molar-refractivity contribution in [3.8, 4) is 17.2 Å². The molecule has 8 nitrogen and oxygen atoms in total. The fourth-order valence-corrected chi connectivity index (χ4v) is 5.30. The molecule has 2 aliphatic heterocycles. The molecule has 0 spiro atoms. The van der Waals surface area contributed by atoms with Crippen molar-refractivity contribution in [2.24, 2.45) is 0 Å². The van der Waals surface area contributed by atoms with E-state index in [9.17, 15) is 13.2 Å². The molecule has 1 fully saturated rings. The lowest BCUT2D eigenvalue weighted by Gasteiger charge is -2.26. The number of fused-ring (bicyclic) bond motifs is 1. The van der Waals surface area contributed by atoms with Gasteiger partial charge in [0, 0.05) is 19.6 Å². The Hall–Kier alpha value is -2.49. The van der Waals surface area contributed by atoms with Crippen molar-refractivity contribution in [3.05, 3.63) is 47.0 Å². The van der Waals surface area contributed by atoms with Crippen molar-refractivity contribution in [3.63, 3.8) is 0 Å². The van der Waals surface area contributed by atoms with Crippen LogP contribution in [0.2, 0.25) is 5.02 Å². The van der Waals surface area contributed by atoms with Gasteiger partial charge < -0.3 is 19.5 Å². The first-order valence-electron chi connectivity index (χ1n) is 10.0. The summed E-state index contributed by atoms with van der Waals surface area (Å²) in [5, 5.41) is 2.89. The smallest absolute Gasteiger partial charge is 0.258 e. The summed E-state index contributed by atoms with van der Waals surface area (Å²) in [4.78, 5) is 12.3. The van der Waals surface area contributed by atoms with Crippen LogP contribution in [0.25, 0.3) is 0 Å². The SMILES string of the molecule is O=C(COc1ccc(S(=O)(=O)N2CCCCC2)cc1Cl)NCc1ccc2c(c1)OCO2. The van der Waals surface area contributed by atoms with E-state index in [1.54, 1.807) is 6.07 Å². The number of nitrogens with one attached hydrogen (secondary N) is 1. The molecule has 1 amide bonds. The molecule has 2 aromatic carbocycles. The molecule has 1 saturated heterocycles. The van der Waals surface area contributed by atoms with Crippen LogP contribution in [-0.2, 0) is 21.4 Å². The van der Waals surface area contributed by atoms with Crippen LogP contribution in [0.1, 0.15) is 24.8 Å². The normalized spacial score (nSPS) is 16.2. The van der Waals surface area contributed by atoms with Crippen LogP contribution in [0.4, 0.5) is 0 Å². The lowest BCUT2D eigenvalue weighted by Crippen LogP contribution is -2.35. The van der Waals surface area contributed by atoms with Gasteiger partial charge in [-0.3, -0.25) is 4.79 Å². The van der Waals surface area contributed by atoms with Crippen LogP contribution in [0.15, 0.2) is 41.3 Å². The number of amides is 1. The lowest BCUT2D eigenvalue weighted by molar-refractivity contribution is -0.123. The summed E-state index contributed by atoms with van der Waals surface area (Å²) in [7, 11) is -3.58. The molecule has 0 aromatic heterocycles. The molecule has 31 heavy (non-hydrogen) atoms. The number of halogens is 1. The molecule has 2 aromatic rings. The molecule has 1 N–H and O–H groups in total. The highest BCUT2D eigenvalue weighted by atomic mass is 35.5. The minimum absolute atomic E-state index is 0.124. The maximum atomic E-state index is 12.8. The Morgan fingerprint density at radius 3 is 2.61 bits per heavy atom. The summed E-state index contributed by atoms with van der Waals surface area (Å²) in [6.45, 7) is 1.28. The van der Waals surface area contributed by atoms with E-state index in [1.165, 1.54) is 22.5 Å². The first kappa shape index (κ1) is 21.7. The number of ether oxygens (including phenoxy) is 3. The third kappa shape index (κ3) is 5.06. The van der Waals surface area contributed by atoms with E-state index in [1.807, 2.05) is 12.1 Å². The molecule has 2 heterocycles. The van der Waals surface area contributed by atoms with Crippen molar-refractivity contribution in [2.75, 3.05) is 26.5 Å². The van der Waals surface area contributed by atoms with Crippen LogP contribution >= 0.6 is 11.6 Å². The first-order valence-corrected chi connectivity index (χ1v) is 11.8. The van der Waals surface area contributed by atoms with E-state index in [-0.39, 0.29) is 35.0 Å². The Labute approximate surface area is 186 Å². The average molecular weight is 467 g/mol. The van der Waals surface area contributed by atoms with Crippen molar-refractivity contribution in [1.29, 1.82) is 0 Å². The number of rotatable bonds is 7. The predicted molar refractivity (Wildman–Crippen MR) is 114 cm³/mol. The van der Waals surface area contributed by atoms with Crippen molar-refractivity contribution in [1.82, 2.24) is 9.62 Å². The molecule has 0 radical (unpaired) electrons. The molecular formula is C21H23ClN2O6S. The van der Waals surface area contributed by atoms with E-state index in [0.29, 0.717) is 31.1 Å². The lowest BCUT2D eigenvalue weighted by atomic mass is 10.2. The Balaban J connectivity index is 1.31. The largest absolute Gasteiger partial charge is 0.482 e. The number of carbonyl (C=O) groups is 1. The van der Waals surface area contributed by atoms with Gasteiger partial charge in [-0.05, 0) is 48.7 Å². The van der Waals surface area contributed by atoms with Gasteiger partial charge in [0.2, 0.25) is 16.8 Å². The van der Waals surface area contributed by atoms with E-state index in [0.717, 1.165) is 24.8 Å². The molecule has 2 aliphatic rings. The second-order valence-electron chi connectivity index (χ2n) is 7.31. The van der Waals surface area contributed by atoms with Gasteiger partial charge in [0.1, 0.15) is 5.75 Å². The van der Waals surface area contributed by atoms with E-state index in [2.05, 4.69) is 5.32 Å². The standard InChI is InChI=1S/C21H23ClN2O6S/c22-17-11-16(31(26,27)24-8-2-1-3-9-24)5-7-18(17)28-13-21(25)23-12-15-4-6-19-20(10-15)30-14-29-19/h4-7,10-11H,1-3,8-9,12-14H2,(H,23,25). The molecular weight excluding hydrogens is 444 g/mol. The summed E-state index contributed by atoms with van der Waals surface area (Å²) >= 11 is 6.22. The first-order chi connectivity index (χ1) is 14.9. The molecule has 0 aliphatic carbocycles. The second-order valence-corrected chi connectivity index (χ2v) is 9.66. The zero-order valence-electron chi connectivity index (χ0n) is 16.8. The minimum atomic E-state index is -3.58. The van der Waals surface area contributed by atoms with Crippen LogP contribution in [-0.4, -0.2) is 45.1 Å². The van der Waals surface area contributed by atoms with Crippen molar-refractivity contribution >= 4 is 27.5 Å². The molecule has 0 unspecified atom stereocenters. The highest BCUT2D eigenvalue weighted by Crippen LogP contribution is 2.32. The Kier molecular flexibility index (Phi) is 6.54. The van der Waals surface area contributed by atoms with E-state index in [4.69, 9.17) is 25.8 Å². The number of benzene rings is 2. The topological polar surface area (TPSA) is 94.2 Å². The number of hydrogen-bond acceptors (Lipinski definition) is 6. The van der Waals surface area contributed by atoms with Gasteiger partial charge in [-0.1, -0.05) is 24.1 Å². The quantitative estimate of drug-likeness (QED) is 0.674. The summed E-state index contributed by atoms with van der Waals surface area (Å²) in [6.07, 6.45) is 2.75. The van der Waals surface area contributed by atoms with Gasteiger partial charge in [0.25, 0.3) is 5.91 Å². The average Bonchev–Trinajstić information content (AvgIpc) is 3.25. The van der Waals surface area contributed by atoms with Crippen LogP contribution in [0, 0.1) is 0 Å². The van der Waals surface area contributed by atoms with E-state index < -0.39 is 10.0 Å². The number of piperidine rings is 1. The third-order valence-electron chi connectivity index (χ3n) is 5.14. The summed E-state index contributed by atoms with van der Waals surface area (Å²) < 4.78 is 43.0. The summed E-state index contributed by atoms with van der Waals surface area (Å²) in [5.41, 5.74) is 0.864. The molecule has 0 atom stereocenters. The third-order valence-corrected chi connectivity index (χ3v) is 7.33. The zero-order chi connectivity index (χ0) is 21.8. The van der Waals surface area contributed by atoms with Crippen LogP contribution < -0.4 is 19.5 Å². The van der Waals surface area contributed by atoms with Gasteiger partial charge >= 0.3 is 0 Å². The Morgan fingerprint density at radius 1 is 1.06 bits per heavy atom.